The lowest BCUT2D eigenvalue weighted by Gasteiger charge is -2.31. The fourth-order valence-electron chi connectivity index (χ4n) is 9.65. The number of hydrogen-bond donors (Lipinski definition) is 8. The lowest BCUT2D eigenvalue weighted by Crippen LogP contribution is -2.42. The summed E-state index contributed by atoms with van der Waals surface area (Å²) in [5, 5.41) is 84.1. The van der Waals surface area contributed by atoms with Gasteiger partial charge in [-0.1, -0.05) is 0 Å². The molecule has 73 heavy (non-hydrogen) atoms. The van der Waals surface area contributed by atoms with Gasteiger partial charge in [-0.2, -0.15) is 29.5 Å². The molecule has 0 amide bonds. The third-order valence-electron chi connectivity index (χ3n) is 13.6. The Morgan fingerprint density at radius 3 is 1.71 bits per heavy atom. The normalized spacial score (nSPS) is 26.3. The maximum atomic E-state index is 11.6. The number of hydrogen-bond acceptors (Lipinski definition) is 24. The third kappa shape index (κ3) is 9.24. The van der Waals surface area contributed by atoms with Gasteiger partial charge >= 0.3 is 0 Å². The number of nitrogens with one attached hydrogen (secondary N) is 4. The van der Waals surface area contributed by atoms with Crippen molar-refractivity contribution < 1.29 is 29.9 Å². The van der Waals surface area contributed by atoms with Crippen molar-refractivity contribution in [3.05, 3.63) is 60.7 Å². The van der Waals surface area contributed by atoms with Gasteiger partial charge in [-0.05, 0) is 56.9 Å². The lowest BCUT2D eigenvalue weighted by atomic mass is 9.91. The van der Waals surface area contributed by atoms with Crippen LogP contribution in [0.25, 0.3) is 22.3 Å². The van der Waals surface area contributed by atoms with Crippen LogP contribution in [-0.4, -0.2) is 169 Å². The van der Waals surface area contributed by atoms with Crippen molar-refractivity contribution in [1.82, 2.24) is 98.6 Å². The van der Waals surface area contributed by atoms with Crippen LogP contribution in [0.5, 0.6) is 0 Å². The molecule has 3 fully saturated rings. The van der Waals surface area contributed by atoms with Gasteiger partial charge in [0.25, 0.3) is 0 Å². The molecule has 0 bridgehead atoms. The second-order valence-corrected chi connectivity index (χ2v) is 18.8. The Labute approximate surface area is 415 Å². The first kappa shape index (κ1) is 47.9. The molecule has 0 radical (unpaired) electrons. The summed E-state index contributed by atoms with van der Waals surface area (Å²) in [5.41, 5.74) is 1.92. The Balaban J connectivity index is 0.830. The molecule has 1 unspecified atom stereocenters. The summed E-state index contributed by atoms with van der Waals surface area (Å²) in [4.78, 5) is 40.7. The molecule has 3 aliphatic rings. The van der Waals surface area contributed by atoms with Gasteiger partial charge in [0.1, 0.15) is 24.4 Å². The van der Waals surface area contributed by atoms with Crippen LogP contribution in [0.15, 0.2) is 37.7 Å². The van der Waals surface area contributed by atoms with Crippen LogP contribution in [0.2, 0.25) is 0 Å². The minimum atomic E-state index is -1.53. The van der Waals surface area contributed by atoms with E-state index in [0.717, 1.165) is 37.1 Å². The maximum absolute atomic E-state index is 11.6. The van der Waals surface area contributed by atoms with Crippen LogP contribution in [0.4, 0.5) is 23.5 Å². The predicted molar refractivity (Wildman–Crippen MR) is 256 cm³/mol. The quantitative estimate of drug-likeness (QED) is 0.0549. The molecule has 0 spiro atoms. The number of nitrogens with zero attached hydrogens (tertiary/aromatic N) is 20. The average molecular weight is 1010 g/mol. The Bertz CT molecular complexity index is 3190. The van der Waals surface area contributed by atoms with Crippen molar-refractivity contribution >= 4 is 45.9 Å². The van der Waals surface area contributed by atoms with Gasteiger partial charge in [0.15, 0.2) is 58.1 Å². The molecule has 2 aliphatic heterocycles. The van der Waals surface area contributed by atoms with Crippen LogP contribution in [0.3, 0.4) is 0 Å². The van der Waals surface area contributed by atoms with Crippen LogP contribution in [-0.2, 0) is 55.2 Å². The smallest absolute Gasteiger partial charge is 0.226 e. The molecular weight excluding hydrogens is 949 g/mol. The number of aliphatic hydroxyl groups is 4. The molecule has 0 aromatic carbocycles. The number of rotatable bonds is 18. The number of imidazole rings is 4. The standard InChI is InChI=1S/C43H58N24O6/c1-6-66-58-36(56-60-66)31-28(68)29(69)40(72-31)64-20-48-26-34(52-41(54-38(26)64)44-14-12-24-16-62(4)18-46-24)50-22-8-10-23(11-9-22)51-35-27-39(55-42(53-35)45-15-13-25-17-63(5)19-47-25)65(21-49-27)43(3)33(71)30(70)32(73-43)37-57-61-67(7-2)59-37/h16-23,28-33,40,68-71H,6-15H2,1-5H3,(H2,44,50,52,54)(H2,45,51,53,55)/t22?,23?,28-,29+,30+,31-,32-,33+,40?,43-/m0/s1. The van der Waals surface area contributed by atoms with Gasteiger partial charge in [-0.3, -0.25) is 9.13 Å². The van der Waals surface area contributed by atoms with E-state index in [4.69, 9.17) is 39.4 Å². The molecule has 11 rings (SSSR count). The van der Waals surface area contributed by atoms with Crippen molar-refractivity contribution in [1.29, 1.82) is 0 Å². The van der Waals surface area contributed by atoms with Crippen LogP contribution in [0.1, 0.15) is 87.9 Å². The monoisotopic (exact) mass is 1010 g/mol. The molecule has 8 aromatic heterocycles. The Morgan fingerprint density at radius 1 is 0.644 bits per heavy atom. The molecule has 10 heterocycles. The highest BCUT2D eigenvalue weighted by Crippen LogP contribution is 2.44. The topological polar surface area (TPSA) is 358 Å². The molecule has 30 heteroatoms. The number of aromatic nitrogens is 20. The SMILES string of the molecule is CCn1nnc([C@H]2O[C@](C)(n3cnc4c(NC5CCC(Nc6nc(NCCc7cn(C)cn7)nc7c6ncn7C6O[C@H](c7nnn(CC)n7)[C@@H](O)[C@H]6O)CC5)nc(NCCc5cn(C)cn5)nc43)[C@H](O)[C@@H]2O)n1. The first-order valence-electron chi connectivity index (χ1n) is 24.4. The summed E-state index contributed by atoms with van der Waals surface area (Å²) < 4.78 is 19.6. The maximum Gasteiger partial charge on any atom is 0.226 e. The summed E-state index contributed by atoms with van der Waals surface area (Å²) in [6.45, 7) is 7.30. The molecule has 30 nitrogen and oxygen atoms in total. The predicted octanol–water partition coefficient (Wildman–Crippen LogP) is -0.252. The average Bonchev–Trinajstić information content (AvgIpc) is 4.27. The largest absolute Gasteiger partial charge is 0.387 e. The Kier molecular flexibility index (Phi) is 12.8. The van der Waals surface area contributed by atoms with Gasteiger partial charge in [-0.25, -0.2) is 19.9 Å². The number of anilines is 4. The molecule has 8 N–H and O–H groups in total. The number of aryl methyl sites for hydroxylation is 4. The van der Waals surface area contributed by atoms with Crippen LogP contribution in [0, 0.1) is 0 Å². The van der Waals surface area contributed by atoms with Crippen LogP contribution >= 0.6 is 0 Å². The zero-order valence-electron chi connectivity index (χ0n) is 40.8. The lowest BCUT2D eigenvalue weighted by molar-refractivity contribution is -0.128. The molecule has 386 valence electrons. The molecule has 8 aromatic rings. The van der Waals surface area contributed by atoms with Gasteiger partial charge in [0.05, 0.1) is 49.8 Å². The highest BCUT2D eigenvalue weighted by Gasteiger charge is 2.55. The van der Waals surface area contributed by atoms with Crippen molar-refractivity contribution in [2.75, 3.05) is 34.4 Å². The van der Waals surface area contributed by atoms with E-state index in [1.807, 2.05) is 49.5 Å². The fourth-order valence-corrected chi connectivity index (χ4v) is 9.65. The van der Waals surface area contributed by atoms with Crippen molar-refractivity contribution in [3.8, 4) is 0 Å². The van der Waals surface area contributed by atoms with Gasteiger partial charge < -0.3 is 60.3 Å². The zero-order chi connectivity index (χ0) is 50.5. The first-order chi connectivity index (χ1) is 35.3. The van der Waals surface area contributed by atoms with Crippen LogP contribution < -0.4 is 21.3 Å². The summed E-state index contributed by atoms with van der Waals surface area (Å²) in [6.07, 6.45) is 5.95. The van der Waals surface area contributed by atoms with Crippen molar-refractivity contribution in [2.45, 2.75) is 133 Å². The summed E-state index contributed by atoms with van der Waals surface area (Å²) >= 11 is 0. The van der Waals surface area contributed by atoms with E-state index in [1.165, 1.54) is 22.2 Å². The van der Waals surface area contributed by atoms with E-state index < -0.39 is 48.6 Å². The summed E-state index contributed by atoms with van der Waals surface area (Å²) in [6, 6.07) is -0.0381. The van der Waals surface area contributed by atoms with Gasteiger partial charge in [0, 0.05) is 64.5 Å². The van der Waals surface area contributed by atoms with E-state index in [-0.39, 0.29) is 23.7 Å². The second kappa shape index (κ2) is 19.6. The number of ether oxygens (including phenoxy) is 2. The minimum Gasteiger partial charge on any atom is -0.387 e. The molecular formula is C43H58N24O6. The van der Waals surface area contributed by atoms with Gasteiger partial charge in [0.2, 0.25) is 23.5 Å². The molecule has 1 aliphatic carbocycles. The Morgan fingerprint density at radius 2 is 1.18 bits per heavy atom. The highest BCUT2D eigenvalue weighted by molar-refractivity contribution is 5.85. The second-order valence-electron chi connectivity index (χ2n) is 18.8. The van der Waals surface area contributed by atoms with E-state index in [0.29, 0.717) is 84.9 Å². The third-order valence-corrected chi connectivity index (χ3v) is 13.6. The first-order valence-corrected chi connectivity index (χ1v) is 24.4. The number of tetrazole rings is 2. The summed E-state index contributed by atoms with van der Waals surface area (Å²) in [7, 11) is 3.84. The summed E-state index contributed by atoms with van der Waals surface area (Å²) in [5.74, 6) is 1.93. The molecule has 2 saturated heterocycles. The molecule has 1 saturated carbocycles. The minimum absolute atomic E-state index is 0.0170. The van der Waals surface area contributed by atoms with E-state index in [2.05, 4.69) is 62.1 Å². The number of fused-ring (bicyclic) bond motifs is 2. The van der Waals surface area contributed by atoms with E-state index in [1.54, 1.807) is 28.7 Å². The van der Waals surface area contributed by atoms with E-state index in [9.17, 15) is 20.4 Å². The Hall–Kier alpha value is -7.38. The zero-order valence-corrected chi connectivity index (χ0v) is 40.8. The highest BCUT2D eigenvalue weighted by atomic mass is 16.6. The van der Waals surface area contributed by atoms with Crippen molar-refractivity contribution in [3.63, 3.8) is 0 Å². The van der Waals surface area contributed by atoms with E-state index >= 15 is 0 Å². The number of aliphatic hydroxyl groups excluding tert-OH is 4. The van der Waals surface area contributed by atoms with Crippen molar-refractivity contribution in [2.24, 2.45) is 14.1 Å². The fraction of sp³-hybridized carbons (Fsp3) is 0.581. The van der Waals surface area contributed by atoms with Gasteiger partial charge in [-0.15, -0.1) is 20.4 Å². The molecule has 8 atom stereocenters.